The number of benzene rings is 2. The Balaban J connectivity index is 2.19. The minimum absolute atomic E-state index is 1.05. The molecule has 18 heavy (non-hydrogen) atoms. The van der Waals surface area contributed by atoms with Gasteiger partial charge in [-0.15, -0.1) is 0 Å². The van der Waals surface area contributed by atoms with Crippen LogP contribution in [0.25, 0.3) is 22.2 Å². The van der Waals surface area contributed by atoms with Crippen LogP contribution in [-0.4, -0.2) is 4.98 Å². The predicted molar refractivity (Wildman–Crippen MR) is 76.7 cm³/mol. The third-order valence-electron chi connectivity index (χ3n) is 3.26. The van der Waals surface area contributed by atoms with Gasteiger partial charge in [-0.3, -0.25) is 0 Å². The first-order valence-electron chi connectivity index (χ1n) is 6.17. The van der Waals surface area contributed by atoms with Gasteiger partial charge in [-0.05, 0) is 31.5 Å². The van der Waals surface area contributed by atoms with E-state index < -0.39 is 0 Å². The molecule has 1 nitrogen and oxygen atoms in total. The Hall–Kier alpha value is -2.15. The number of hydrogen-bond donors (Lipinski definition) is 0. The lowest BCUT2D eigenvalue weighted by Gasteiger charge is -2.07. The Morgan fingerprint density at radius 3 is 2.50 bits per heavy atom. The molecule has 0 atom stereocenters. The van der Waals surface area contributed by atoms with Crippen LogP contribution in [0, 0.1) is 13.8 Å². The second kappa shape index (κ2) is 4.26. The van der Waals surface area contributed by atoms with E-state index >= 15 is 0 Å². The van der Waals surface area contributed by atoms with Crippen molar-refractivity contribution in [2.24, 2.45) is 0 Å². The minimum atomic E-state index is 1.05. The molecule has 0 fully saturated rings. The molecule has 0 aliphatic carbocycles. The van der Waals surface area contributed by atoms with E-state index in [1.807, 2.05) is 12.1 Å². The molecule has 2 aromatic carbocycles. The summed E-state index contributed by atoms with van der Waals surface area (Å²) >= 11 is 0. The van der Waals surface area contributed by atoms with E-state index in [0.717, 1.165) is 11.2 Å². The van der Waals surface area contributed by atoms with Crippen LogP contribution in [0.3, 0.4) is 0 Å². The number of aromatic nitrogens is 1. The summed E-state index contributed by atoms with van der Waals surface area (Å²) in [5, 5.41) is 1.19. The lowest BCUT2D eigenvalue weighted by Crippen LogP contribution is -1.88. The first kappa shape index (κ1) is 11.0. The van der Waals surface area contributed by atoms with Gasteiger partial charge in [0.2, 0.25) is 0 Å². The van der Waals surface area contributed by atoms with E-state index in [1.54, 1.807) is 0 Å². The fraction of sp³-hybridized carbons (Fsp3) is 0.118. The maximum Gasteiger partial charge on any atom is 0.0712 e. The highest BCUT2D eigenvalue weighted by molar-refractivity contribution is 5.81. The average molecular weight is 233 g/mol. The van der Waals surface area contributed by atoms with E-state index in [0.29, 0.717) is 0 Å². The molecule has 1 heterocycles. The molecule has 0 aliphatic heterocycles. The number of fused-ring (bicyclic) bond motifs is 1. The molecule has 1 aromatic heterocycles. The van der Waals surface area contributed by atoms with Crippen molar-refractivity contribution in [3.8, 4) is 11.3 Å². The molecule has 0 N–H and O–H groups in total. The van der Waals surface area contributed by atoms with Crippen molar-refractivity contribution in [3.63, 3.8) is 0 Å². The van der Waals surface area contributed by atoms with Gasteiger partial charge in [-0.1, -0.05) is 48.0 Å². The van der Waals surface area contributed by atoms with Crippen molar-refractivity contribution < 1.29 is 0 Å². The number of nitrogens with zero attached hydrogens (tertiary/aromatic N) is 1. The monoisotopic (exact) mass is 233 g/mol. The molecule has 0 unspecified atom stereocenters. The quantitative estimate of drug-likeness (QED) is 0.602. The maximum absolute atomic E-state index is 4.74. The average Bonchev–Trinajstić information content (AvgIpc) is 2.38. The van der Waals surface area contributed by atoms with Crippen molar-refractivity contribution >= 4 is 10.9 Å². The van der Waals surface area contributed by atoms with Crippen LogP contribution in [0.15, 0.2) is 54.6 Å². The molecule has 0 spiro atoms. The highest BCUT2D eigenvalue weighted by atomic mass is 14.7. The zero-order valence-electron chi connectivity index (χ0n) is 10.6. The minimum Gasteiger partial charge on any atom is -0.248 e. The highest BCUT2D eigenvalue weighted by Crippen LogP contribution is 2.24. The fourth-order valence-electron chi connectivity index (χ4n) is 2.32. The van der Waals surface area contributed by atoms with Crippen LogP contribution >= 0.6 is 0 Å². The van der Waals surface area contributed by atoms with Crippen LogP contribution in [0.1, 0.15) is 11.1 Å². The molecular weight excluding hydrogens is 218 g/mol. The molecule has 3 rings (SSSR count). The molecule has 0 saturated carbocycles. The van der Waals surface area contributed by atoms with Gasteiger partial charge >= 0.3 is 0 Å². The summed E-state index contributed by atoms with van der Waals surface area (Å²) in [5.41, 5.74) is 5.88. The summed E-state index contributed by atoms with van der Waals surface area (Å²) in [4.78, 5) is 4.74. The van der Waals surface area contributed by atoms with Crippen LogP contribution in [0.5, 0.6) is 0 Å². The lowest BCUT2D eigenvalue weighted by atomic mass is 10.0. The maximum atomic E-state index is 4.74. The lowest BCUT2D eigenvalue weighted by molar-refractivity contribution is 1.33. The normalized spacial score (nSPS) is 10.8. The van der Waals surface area contributed by atoms with Crippen LogP contribution < -0.4 is 0 Å². The third kappa shape index (κ3) is 1.88. The fourth-order valence-corrected chi connectivity index (χ4v) is 2.32. The zero-order valence-corrected chi connectivity index (χ0v) is 10.6. The van der Waals surface area contributed by atoms with Crippen molar-refractivity contribution in [1.29, 1.82) is 0 Å². The van der Waals surface area contributed by atoms with Gasteiger partial charge in [-0.2, -0.15) is 0 Å². The summed E-state index contributed by atoms with van der Waals surface area (Å²) in [5.74, 6) is 0. The molecule has 1 heteroatoms. The summed E-state index contributed by atoms with van der Waals surface area (Å²) in [7, 11) is 0. The van der Waals surface area contributed by atoms with Crippen molar-refractivity contribution in [3.05, 3.63) is 65.7 Å². The topological polar surface area (TPSA) is 12.9 Å². The van der Waals surface area contributed by atoms with Crippen molar-refractivity contribution in [2.45, 2.75) is 13.8 Å². The van der Waals surface area contributed by atoms with Crippen molar-refractivity contribution in [1.82, 2.24) is 4.98 Å². The SMILES string of the molecule is Cc1ccc(-c2ccc3ccccc3n2)c(C)c1. The van der Waals surface area contributed by atoms with Crippen LogP contribution in [0.4, 0.5) is 0 Å². The number of hydrogen-bond acceptors (Lipinski definition) is 1. The zero-order chi connectivity index (χ0) is 12.5. The van der Waals surface area contributed by atoms with Gasteiger partial charge in [0.05, 0.1) is 11.2 Å². The summed E-state index contributed by atoms with van der Waals surface area (Å²) in [6.45, 7) is 4.25. The van der Waals surface area contributed by atoms with Gasteiger partial charge in [0.1, 0.15) is 0 Å². The number of pyridine rings is 1. The molecular formula is C17H15N. The Labute approximate surface area is 107 Å². The first-order valence-corrected chi connectivity index (χ1v) is 6.17. The molecule has 0 radical (unpaired) electrons. The van der Waals surface area contributed by atoms with E-state index in [9.17, 15) is 0 Å². The van der Waals surface area contributed by atoms with Gasteiger partial charge < -0.3 is 0 Å². The van der Waals surface area contributed by atoms with E-state index in [1.165, 1.54) is 22.1 Å². The van der Waals surface area contributed by atoms with Crippen LogP contribution in [-0.2, 0) is 0 Å². The summed E-state index contributed by atoms with van der Waals surface area (Å²) in [6, 6.07) is 18.9. The second-order valence-corrected chi connectivity index (χ2v) is 4.71. The largest absolute Gasteiger partial charge is 0.248 e. The van der Waals surface area contributed by atoms with E-state index in [2.05, 4.69) is 56.3 Å². The molecule has 3 aromatic rings. The molecule has 0 aliphatic rings. The Kier molecular flexibility index (Phi) is 2.60. The highest BCUT2D eigenvalue weighted by Gasteiger charge is 2.04. The predicted octanol–water partition coefficient (Wildman–Crippen LogP) is 4.52. The number of para-hydroxylation sites is 1. The first-order chi connectivity index (χ1) is 8.74. The van der Waals surface area contributed by atoms with Crippen LogP contribution in [0.2, 0.25) is 0 Å². The number of aryl methyl sites for hydroxylation is 2. The Morgan fingerprint density at radius 1 is 0.833 bits per heavy atom. The van der Waals surface area contributed by atoms with Crippen molar-refractivity contribution in [2.75, 3.05) is 0 Å². The Morgan fingerprint density at radius 2 is 1.67 bits per heavy atom. The summed E-state index contributed by atoms with van der Waals surface area (Å²) in [6.07, 6.45) is 0. The Bertz CT molecular complexity index is 714. The molecule has 0 amide bonds. The van der Waals surface area contributed by atoms with Gasteiger partial charge in [0, 0.05) is 10.9 Å². The van der Waals surface area contributed by atoms with Gasteiger partial charge in [0.15, 0.2) is 0 Å². The molecule has 0 bridgehead atoms. The van der Waals surface area contributed by atoms with E-state index in [4.69, 9.17) is 4.98 Å². The smallest absolute Gasteiger partial charge is 0.0712 e. The van der Waals surface area contributed by atoms with E-state index in [-0.39, 0.29) is 0 Å². The standard InChI is InChI=1S/C17H15N/c1-12-7-9-15(13(2)11-12)17-10-8-14-5-3-4-6-16(14)18-17/h3-11H,1-2H3. The van der Waals surface area contributed by atoms with Gasteiger partial charge in [0.25, 0.3) is 0 Å². The molecule has 0 saturated heterocycles. The number of rotatable bonds is 1. The summed E-state index contributed by atoms with van der Waals surface area (Å²) < 4.78 is 0. The second-order valence-electron chi connectivity index (χ2n) is 4.71. The molecule has 88 valence electrons. The third-order valence-corrected chi connectivity index (χ3v) is 3.26. The van der Waals surface area contributed by atoms with Gasteiger partial charge in [-0.25, -0.2) is 4.98 Å².